The second-order valence-electron chi connectivity index (χ2n) is 3.20. The Hall–Kier alpha value is -1.83. The van der Waals surface area contributed by atoms with Crippen LogP contribution in [0.5, 0.6) is 0 Å². The molecule has 0 amide bonds. The highest BCUT2D eigenvalue weighted by molar-refractivity contribution is 6.15. The van der Waals surface area contributed by atoms with Gasteiger partial charge in [-0.2, -0.15) is 0 Å². The summed E-state index contributed by atoms with van der Waals surface area (Å²) in [6, 6.07) is 8.87. The summed E-state index contributed by atoms with van der Waals surface area (Å²) in [6.45, 7) is 0. The molecule has 2 aliphatic rings. The highest BCUT2D eigenvalue weighted by atomic mass is 15.0. The fourth-order valence-corrected chi connectivity index (χ4v) is 1.57. The predicted octanol–water partition coefficient (Wildman–Crippen LogP) is 3.44. The van der Waals surface area contributed by atoms with Crippen LogP contribution in [0.4, 0.5) is 11.4 Å². The number of fused-ring (bicyclic) bond motifs is 2. The lowest BCUT2D eigenvalue weighted by Gasteiger charge is -2.36. The SMILES string of the molecule is C1=C[C]2[N-]c3ccccc3N=C2C=C1. The lowest BCUT2D eigenvalue weighted by atomic mass is 10.0. The number of hydrogen-bond donors (Lipinski definition) is 0. The van der Waals surface area contributed by atoms with E-state index in [1.165, 1.54) is 0 Å². The predicted molar refractivity (Wildman–Crippen MR) is 58.1 cm³/mol. The zero-order chi connectivity index (χ0) is 9.38. The van der Waals surface area contributed by atoms with Gasteiger partial charge in [-0.15, -0.1) is 5.69 Å². The molecule has 67 valence electrons. The summed E-state index contributed by atoms with van der Waals surface area (Å²) in [5.74, 6) is 0. The number of rotatable bonds is 0. The number of allylic oxidation sites excluding steroid dienone is 2. The average molecular weight is 180 g/mol. The van der Waals surface area contributed by atoms with Crippen molar-refractivity contribution in [3.8, 4) is 0 Å². The second kappa shape index (κ2) is 2.84. The van der Waals surface area contributed by atoms with E-state index >= 15 is 0 Å². The minimum absolute atomic E-state index is 0.950. The summed E-state index contributed by atoms with van der Waals surface area (Å²) in [6.07, 6.45) is 7.92. The van der Waals surface area contributed by atoms with E-state index < -0.39 is 0 Å². The maximum Gasteiger partial charge on any atom is 0.0484 e. The van der Waals surface area contributed by atoms with Crippen LogP contribution in [0.1, 0.15) is 0 Å². The summed E-state index contributed by atoms with van der Waals surface area (Å²) in [7, 11) is 0. The van der Waals surface area contributed by atoms with E-state index in [4.69, 9.17) is 0 Å². The van der Waals surface area contributed by atoms with Crippen LogP contribution in [0.3, 0.4) is 0 Å². The first-order chi connectivity index (χ1) is 6.93. The van der Waals surface area contributed by atoms with Crippen LogP contribution in [0.25, 0.3) is 5.32 Å². The van der Waals surface area contributed by atoms with Crippen molar-refractivity contribution in [3.05, 3.63) is 59.9 Å². The van der Waals surface area contributed by atoms with Gasteiger partial charge < -0.3 is 5.32 Å². The van der Waals surface area contributed by atoms with Crippen LogP contribution in [0.15, 0.2) is 53.6 Å². The van der Waals surface area contributed by atoms with Crippen LogP contribution in [-0.2, 0) is 0 Å². The second-order valence-corrected chi connectivity index (χ2v) is 3.20. The number of hydrogen-bond acceptors (Lipinski definition) is 1. The van der Waals surface area contributed by atoms with Crippen LogP contribution in [0, 0.1) is 6.04 Å². The van der Waals surface area contributed by atoms with E-state index in [1.807, 2.05) is 48.6 Å². The molecule has 0 unspecified atom stereocenters. The highest BCUT2D eigenvalue weighted by Gasteiger charge is 2.10. The van der Waals surface area contributed by atoms with Gasteiger partial charge in [-0.1, -0.05) is 36.4 Å². The third-order valence-electron chi connectivity index (χ3n) is 2.25. The highest BCUT2D eigenvalue weighted by Crippen LogP contribution is 2.41. The lowest BCUT2D eigenvalue weighted by molar-refractivity contribution is 1.35. The monoisotopic (exact) mass is 180 g/mol. The summed E-state index contributed by atoms with van der Waals surface area (Å²) in [5.41, 5.74) is 2.85. The largest absolute Gasteiger partial charge is 0.669 e. The van der Waals surface area contributed by atoms with E-state index in [1.54, 1.807) is 0 Å². The Morgan fingerprint density at radius 3 is 2.86 bits per heavy atom. The Bertz CT molecular complexity index is 455. The first kappa shape index (κ1) is 7.56. The molecule has 2 heteroatoms. The van der Waals surface area contributed by atoms with Gasteiger partial charge in [0.25, 0.3) is 0 Å². The van der Waals surface area contributed by atoms with E-state index in [2.05, 4.69) is 10.3 Å². The molecule has 2 nitrogen and oxygen atoms in total. The minimum atomic E-state index is 0.950. The summed E-state index contributed by atoms with van der Waals surface area (Å²) in [4.78, 5) is 4.52. The molecule has 1 aliphatic heterocycles. The van der Waals surface area contributed by atoms with Gasteiger partial charge >= 0.3 is 0 Å². The van der Waals surface area contributed by atoms with E-state index in [9.17, 15) is 0 Å². The molecular formula is C12H8N2-. The molecular weight excluding hydrogens is 172 g/mol. The number of nitrogens with zero attached hydrogens (tertiary/aromatic N) is 2. The van der Waals surface area contributed by atoms with Gasteiger partial charge in [0.05, 0.1) is 0 Å². The van der Waals surface area contributed by atoms with Gasteiger partial charge in [-0.05, 0) is 18.2 Å². The quantitative estimate of drug-likeness (QED) is 0.584. The molecule has 0 bridgehead atoms. The zero-order valence-corrected chi connectivity index (χ0v) is 7.51. The molecule has 0 saturated carbocycles. The molecule has 1 radical (unpaired) electrons. The van der Waals surface area contributed by atoms with E-state index in [0.29, 0.717) is 0 Å². The topological polar surface area (TPSA) is 26.5 Å². The Balaban J connectivity index is 2.13. The summed E-state index contributed by atoms with van der Waals surface area (Å²) < 4.78 is 0. The number of benzene rings is 1. The van der Waals surface area contributed by atoms with Gasteiger partial charge in [-0.3, -0.25) is 4.99 Å². The molecule has 0 fully saturated rings. The molecule has 14 heavy (non-hydrogen) atoms. The van der Waals surface area contributed by atoms with Gasteiger partial charge in [0.2, 0.25) is 0 Å². The maximum absolute atomic E-state index is 4.52. The van der Waals surface area contributed by atoms with Crippen molar-refractivity contribution in [2.24, 2.45) is 4.99 Å². The first-order valence-corrected chi connectivity index (χ1v) is 4.55. The Morgan fingerprint density at radius 2 is 1.86 bits per heavy atom. The standard InChI is InChI=1S/C12H8N2/c1-2-6-10-9(5-1)13-11-7-3-4-8-12(11)14-10/h1-8H/q-1. The maximum atomic E-state index is 4.52. The first-order valence-electron chi connectivity index (χ1n) is 4.55. The molecule has 3 rings (SSSR count). The Kier molecular flexibility index (Phi) is 1.53. The van der Waals surface area contributed by atoms with Gasteiger partial charge in [0, 0.05) is 11.4 Å². The third kappa shape index (κ3) is 1.08. The Labute approximate surface area is 82.7 Å². The molecule has 0 saturated heterocycles. The summed E-state index contributed by atoms with van der Waals surface area (Å²) in [5, 5.41) is 4.52. The van der Waals surface area contributed by atoms with Crippen molar-refractivity contribution in [3.63, 3.8) is 0 Å². The molecule has 0 atom stereocenters. The van der Waals surface area contributed by atoms with Gasteiger partial charge in [0.15, 0.2) is 0 Å². The third-order valence-corrected chi connectivity index (χ3v) is 2.25. The van der Waals surface area contributed by atoms with Crippen molar-refractivity contribution in [1.29, 1.82) is 0 Å². The molecule has 0 aromatic heterocycles. The van der Waals surface area contributed by atoms with Crippen molar-refractivity contribution < 1.29 is 0 Å². The molecule has 1 heterocycles. The molecule has 0 spiro atoms. The fourth-order valence-electron chi connectivity index (χ4n) is 1.57. The zero-order valence-electron chi connectivity index (χ0n) is 7.51. The normalized spacial score (nSPS) is 18.1. The van der Waals surface area contributed by atoms with Crippen molar-refractivity contribution in [2.75, 3.05) is 0 Å². The number of aliphatic imine (C=N–C) groups is 1. The molecule has 1 aliphatic carbocycles. The van der Waals surface area contributed by atoms with Crippen LogP contribution in [0.2, 0.25) is 0 Å². The smallest absolute Gasteiger partial charge is 0.0484 e. The van der Waals surface area contributed by atoms with Crippen molar-refractivity contribution in [2.45, 2.75) is 0 Å². The number of para-hydroxylation sites is 2. The van der Waals surface area contributed by atoms with Gasteiger partial charge in [0.1, 0.15) is 0 Å². The Morgan fingerprint density at radius 1 is 1.00 bits per heavy atom. The van der Waals surface area contributed by atoms with Crippen molar-refractivity contribution >= 4 is 17.1 Å². The average Bonchev–Trinajstić information content (AvgIpc) is 2.26. The van der Waals surface area contributed by atoms with Crippen LogP contribution >= 0.6 is 0 Å². The summed E-state index contributed by atoms with van der Waals surface area (Å²) >= 11 is 0. The van der Waals surface area contributed by atoms with Gasteiger partial charge in [-0.25, -0.2) is 0 Å². The van der Waals surface area contributed by atoms with E-state index in [-0.39, 0.29) is 0 Å². The van der Waals surface area contributed by atoms with Crippen LogP contribution in [-0.4, -0.2) is 5.71 Å². The molecule has 0 N–H and O–H groups in total. The molecule has 1 aromatic rings. The van der Waals surface area contributed by atoms with E-state index in [0.717, 1.165) is 23.1 Å². The minimum Gasteiger partial charge on any atom is -0.669 e. The van der Waals surface area contributed by atoms with Crippen molar-refractivity contribution in [1.82, 2.24) is 0 Å². The van der Waals surface area contributed by atoms with Crippen LogP contribution < -0.4 is 0 Å². The fraction of sp³-hybridized carbons (Fsp3) is 0. The lowest BCUT2D eigenvalue weighted by Crippen LogP contribution is -2.10. The molecule has 1 aromatic carbocycles.